The van der Waals surface area contributed by atoms with E-state index in [0.717, 1.165) is 0 Å². The first kappa shape index (κ1) is 30.3. The molecule has 6 heterocycles. The summed E-state index contributed by atoms with van der Waals surface area (Å²) in [5, 5.41) is 22.1. The van der Waals surface area contributed by atoms with Crippen molar-refractivity contribution in [2.75, 3.05) is 30.6 Å². The van der Waals surface area contributed by atoms with Crippen LogP contribution in [0.3, 0.4) is 0 Å². The molecule has 2 aliphatic heterocycles. The Bertz CT molecular complexity index is 1580. The highest BCUT2D eigenvalue weighted by Gasteiger charge is 2.48. The van der Waals surface area contributed by atoms with E-state index in [1.54, 1.807) is 0 Å². The Morgan fingerprint density at radius 2 is 1.51 bits per heavy atom. The van der Waals surface area contributed by atoms with Crippen molar-refractivity contribution in [1.29, 1.82) is 0 Å². The van der Waals surface area contributed by atoms with Gasteiger partial charge in [0.05, 0.1) is 31.8 Å². The van der Waals surface area contributed by atoms with Gasteiger partial charge in [-0.25, -0.2) is 34.5 Å². The molecule has 0 saturated carbocycles. The molecule has 6 N–H and O–H groups in total. The van der Waals surface area contributed by atoms with Crippen molar-refractivity contribution in [2.45, 2.75) is 49.1 Å². The number of aliphatic hydroxyl groups excluding tert-OH is 2. The average Bonchev–Trinajstić information content (AvgIpc) is 3.76. The van der Waals surface area contributed by atoms with Gasteiger partial charge in [0.15, 0.2) is 44.4 Å². The first-order valence-electron chi connectivity index (χ1n) is 12.7. The summed E-state index contributed by atoms with van der Waals surface area (Å²) in [6, 6.07) is 0. The van der Waals surface area contributed by atoms with Gasteiger partial charge in [-0.2, -0.15) is 12.6 Å². The molecule has 9 atom stereocenters. The first-order chi connectivity index (χ1) is 20.9. The van der Waals surface area contributed by atoms with Gasteiger partial charge in [-0.05, 0) is 0 Å². The highest BCUT2D eigenvalue weighted by Crippen LogP contribution is 2.39. The van der Waals surface area contributed by atoms with Gasteiger partial charge in [-0.3, -0.25) is 13.7 Å². The van der Waals surface area contributed by atoms with Crippen molar-refractivity contribution in [3.8, 4) is 0 Å². The van der Waals surface area contributed by atoms with Crippen LogP contribution in [0.4, 0.5) is 11.6 Å². The maximum absolute atomic E-state index is 11.3. The summed E-state index contributed by atoms with van der Waals surface area (Å²) in [6.45, 7) is -0.0643. The first-order valence-corrected chi connectivity index (χ1v) is 14.8. The molecule has 0 bridgehead atoms. The third-order valence-corrected chi connectivity index (χ3v) is 8.14. The van der Waals surface area contributed by atoms with Gasteiger partial charge >= 0.3 is 8.69 Å². The lowest BCUT2D eigenvalue weighted by molar-refractivity contribution is -0.0589. The third-order valence-electron chi connectivity index (χ3n) is 6.97. The number of nitrogens with zero attached hydrogens (tertiary/aromatic N) is 8. The van der Waals surface area contributed by atoms with Crippen molar-refractivity contribution in [3.05, 3.63) is 25.3 Å². The van der Waals surface area contributed by atoms with Crippen molar-refractivity contribution in [3.63, 3.8) is 0 Å². The smallest absolute Gasteiger partial charge is 0.327 e. The second kappa shape index (κ2) is 13.1. The monoisotopic (exact) mass is 656 g/mol. The molecule has 4 aromatic heterocycles. The van der Waals surface area contributed by atoms with Gasteiger partial charge in [0.1, 0.15) is 60.3 Å². The molecule has 0 radical (unpaired) electrons. The number of fused-ring (bicyclic) bond motifs is 2. The molecule has 0 spiro atoms. The second-order valence-corrected chi connectivity index (χ2v) is 10.7. The lowest BCUT2D eigenvalue weighted by Gasteiger charge is -2.21. The van der Waals surface area contributed by atoms with E-state index in [1.807, 2.05) is 0 Å². The van der Waals surface area contributed by atoms with Crippen LogP contribution in [0.1, 0.15) is 12.5 Å². The van der Waals surface area contributed by atoms with Crippen LogP contribution in [0.5, 0.6) is 0 Å². The van der Waals surface area contributed by atoms with E-state index in [9.17, 15) is 14.8 Å². The Morgan fingerprint density at radius 3 is 2.14 bits per heavy atom. The fourth-order valence-corrected chi connectivity index (χ4v) is 6.10. The molecule has 2 fully saturated rings. The zero-order chi connectivity index (χ0) is 30.1. The van der Waals surface area contributed by atoms with Crippen LogP contribution in [0, 0.1) is 0 Å². The zero-order valence-electron chi connectivity index (χ0n) is 21.9. The number of rotatable bonds is 12. The maximum Gasteiger partial charge on any atom is 0.327 e. The molecule has 0 aromatic carbocycles. The molecular formula is C21H26N10O9P2S. The standard InChI is InChI=1S/C21H26N10O9P2S/c22-16-10-18(26-3-24-16)30(5-28-10)20-13(33)14(9(38-20)1-35-7-43)40-42-36-2-8-12(32)15(39-41-34)21(37-8)31-6-29-11-17(23)25-4-27-19(11)31/h3-6,8-9,12-15,20-21,32-33,42-43H,1-2,7H2,(H2,22,24,26)(H2,23,25,27)/t8-,9-,12-,13-,14-,15-,20-,21-/m1/s1. The summed E-state index contributed by atoms with van der Waals surface area (Å²) in [6.07, 6.45) is -2.41. The van der Waals surface area contributed by atoms with Crippen LogP contribution >= 0.6 is 30.4 Å². The van der Waals surface area contributed by atoms with Crippen LogP contribution in [-0.2, 0) is 32.3 Å². The number of anilines is 2. The number of ether oxygens (including phenoxy) is 3. The number of hydrogen-bond acceptors (Lipinski definition) is 18. The molecule has 0 aliphatic carbocycles. The summed E-state index contributed by atoms with van der Waals surface area (Å²) in [5.74, 6) is 0.476. The Morgan fingerprint density at radius 1 is 0.884 bits per heavy atom. The largest absolute Gasteiger partial charge is 0.387 e. The predicted octanol–water partition coefficient (Wildman–Crippen LogP) is -0.247. The van der Waals surface area contributed by atoms with Gasteiger partial charge in [-0.15, -0.1) is 0 Å². The van der Waals surface area contributed by atoms with E-state index in [2.05, 4.69) is 42.5 Å². The number of thiol groups is 1. The topological polar surface area (TPSA) is 252 Å². The van der Waals surface area contributed by atoms with E-state index in [4.69, 9.17) is 39.2 Å². The van der Waals surface area contributed by atoms with E-state index in [1.165, 1.54) is 34.4 Å². The summed E-state index contributed by atoms with van der Waals surface area (Å²) >= 11 is 4.07. The fourth-order valence-electron chi connectivity index (χ4n) is 4.96. The summed E-state index contributed by atoms with van der Waals surface area (Å²) in [4.78, 5) is 24.7. The number of aliphatic hydroxyl groups is 2. The van der Waals surface area contributed by atoms with Gasteiger partial charge in [0.2, 0.25) is 0 Å². The van der Waals surface area contributed by atoms with Crippen molar-refractivity contribution in [1.82, 2.24) is 39.0 Å². The zero-order valence-corrected chi connectivity index (χ0v) is 24.7. The third kappa shape index (κ3) is 5.76. The van der Waals surface area contributed by atoms with E-state index in [0.29, 0.717) is 22.3 Å². The van der Waals surface area contributed by atoms with Crippen LogP contribution in [0.25, 0.3) is 22.3 Å². The number of aromatic nitrogens is 8. The summed E-state index contributed by atoms with van der Waals surface area (Å²) in [7, 11) is -1.26. The van der Waals surface area contributed by atoms with Crippen molar-refractivity contribution >= 4 is 64.3 Å². The van der Waals surface area contributed by atoms with Gasteiger partial charge in [0, 0.05) is 0 Å². The average molecular weight is 657 g/mol. The van der Waals surface area contributed by atoms with E-state index in [-0.39, 0.29) is 30.8 Å². The van der Waals surface area contributed by atoms with Crippen LogP contribution in [0.15, 0.2) is 25.3 Å². The predicted molar refractivity (Wildman–Crippen MR) is 151 cm³/mol. The van der Waals surface area contributed by atoms with Gasteiger partial charge in [-0.1, -0.05) is 0 Å². The summed E-state index contributed by atoms with van der Waals surface area (Å²) < 4.78 is 48.7. The minimum atomic E-state index is -1.24. The Kier molecular flexibility index (Phi) is 9.22. The molecule has 230 valence electrons. The Labute approximate surface area is 250 Å². The number of nitrogen functional groups attached to an aromatic ring is 2. The van der Waals surface area contributed by atoms with Crippen LogP contribution in [0.2, 0.25) is 0 Å². The SMILES string of the molecule is Nc1ncnc2c1ncn2[C@@H]1O[C@H](COCS)[C@@H](OPOC[C@H]2O[C@@H](n3cnc4c(N)ncnc43)[C@H](OP=O)[C@@H]2O)[C@H]1O. The number of nitrogens with two attached hydrogens (primary N) is 2. The molecule has 22 heteroatoms. The Balaban J connectivity index is 1.11. The highest BCUT2D eigenvalue weighted by molar-refractivity contribution is 7.80. The number of imidazole rings is 2. The molecule has 0 amide bonds. The molecule has 6 rings (SSSR count). The van der Waals surface area contributed by atoms with Crippen LogP contribution in [-0.4, -0.2) is 105 Å². The quantitative estimate of drug-likeness (QED) is 0.0570. The van der Waals surface area contributed by atoms with E-state index >= 15 is 0 Å². The summed E-state index contributed by atoms with van der Waals surface area (Å²) in [5.41, 5.74) is 13.2. The molecule has 2 aliphatic rings. The number of hydrogen-bond donors (Lipinski definition) is 5. The molecule has 19 nitrogen and oxygen atoms in total. The lowest BCUT2D eigenvalue weighted by atomic mass is 10.1. The van der Waals surface area contributed by atoms with Gasteiger partial charge in [0.25, 0.3) is 0 Å². The second-order valence-electron chi connectivity index (χ2n) is 9.40. The normalized spacial score (nSPS) is 29.7. The minimum Gasteiger partial charge on any atom is -0.387 e. The molecule has 1 unspecified atom stereocenters. The highest BCUT2D eigenvalue weighted by atomic mass is 32.1. The molecule has 43 heavy (non-hydrogen) atoms. The molecule has 2 saturated heterocycles. The van der Waals surface area contributed by atoms with Crippen LogP contribution < -0.4 is 11.5 Å². The fraction of sp³-hybridized carbons (Fsp3) is 0.524. The molecular weight excluding hydrogens is 630 g/mol. The molecule has 4 aromatic rings. The maximum atomic E-state index is 11.3. The lowest BCUT2D eigenvalue weighted by Crippen LogP contribution is -2.35. The van der Waals surface area contributed by atoms with E-state index < -0.39 is 66.8 Å². The Hall–Kier alpha value is -2.74. The van der Waals surface area contributed by atoms with Gasteiger partial charge < -0.3 is 44.9 Å². The minimum absolute atomic E-state index is 0.0719. The van der Waals surface area contributed by atoms with Crippen molar-refractivity contribution < 1.29 is 42.6 Å². The van der Waals surface area contributed by atoms with Crippen molar-refractivity contribution in [2.24, 2.45) is 0 Å².